The Labute approximate surface area is 184 Å². The summed E-state index contributed by atoms with van der Waals surface area (Å²) in [7, 11) is 0. The first-order chi connectivity index (χ1) is 15.4. The molecule has 0 aliphatic carbocycles. The molecule has 1 amide bonds. The molecule has 32 heavy (non-hydrogen) atoms. The average molecular weight is 431 g/mol. The second-order valence-corrected chi connectivity index (χ2v) is 7.25. The van der Waals surface area contributed by atoms with E-state index in [1.807, 2.05) is 26.0 Å². The lowest BCUT2D eigenvalue weighted by molar-refractivity contribution is -0.125. The molecule has 9 nitrogen and oxygen atoms in total. The van der Waals surface area contributed by atoms with E-state index in [9.17, 15) is 9.59 Å². The molecule has 9 heteroatoms. The third kappa shape index (κ3) is 4.56. The maximum absolute atomic E-state index is 12.9. The molecular formula is C23H21N5O4. The van der Waals surface area contributed by atoms with Crippen LogP contribution in [0, 0.1) is 20.8 Å². The van der Waals surface area contributed by atoms with Crippen molar-refractivity contribution >= 4 is 17.7 Å². The Kier molecular flexibility index (Phi) is 5.80. The Morgan fingerprint density at radius 3 is 2.44 bits per heavy atom. The molecule has 4 aromatic rings. The highest BCUT2D eigenvalue weighted by Gasteiger charge is 2.26. The summed E-state index contributed by atoms with van der Waals surface area (Å²) in [4.78, 5) is 30.0. The maximum atomic E-state index is 12.9. The van der Waals surface area contributed by atoms with Gasteiger partial charge < -0.3 is 14.6 Å². The van der Waals surface area contributed by atoms with Crippen molar-refractivity contribution in [3.8, 4) is 5.82 Å². The van der Waals surface area contributed by atoms with Crippen LogP contribution in [0.5, 0.6) is 0 Å². The molecule has 3 aromatic heterocycles. The van der Waals surface area contributed by atoms with Crippen LogP contribution in [-0.2, 0) is 9.53 Å². The van der Waals surface area contributed by atoms with Gasteiger partial charge in [0, 0.05) is 23.5 Å². The molecular weight excluding hydrogens is 410 g/mol. The van der Waals surface area contributed by atoms with Gasteiger partial charge in [0.05, 0.1) is 11.3 Å². The number of rotatable bonds is 6. The van der Waals surface area contributed by atoms with E-state index in [0.717, 1.165) is 11.4 Å². The van der Waals surface area contributed by atoms with Crippen molar-refractivity contribution in [1.29, 1.82) is 0 Å². The summed E-state index contributed by atoms with van der Waals surface area (Å²) in [5.74, 6) is 0.122. The summed E-state index contributed by atoms with van der Waals surface area (Å²) >= 11 is 0. The zero-order chi connectivity index (χ0) is 22.7. The second kappa shape index (κ2) is 8.84. The number of benzene rings is 1. The van der Waals surface area contributed by atoms with Gasteiger partial charge in [-0.25, -0.2) is 14.5 Å². The molecule has 0 bridgehead atoms. The van der Waals surface area contributed by atoms with E-state index in [4.69, 9.17) is 9.26 Å². The first-order valence-electron chi connectivity index (χ1n) is 9.90. The highest BCUT2D eigenvalue weighted by Crippen LogP contribution is 2.22. The summed E-state index contributed by atoms with van der Waals surface area (Å²) in [5, 5.41) is 10.7. The van der Waals surface area contributed by atoms with Crippen molar-refractivity contribution in [2.45, 2.75) is 26.9 Å². The van der Waals surface area contributed by atoms with Gasteiger partial charge in [-0.1, -0.05) is 35.5 Å². The zero-order valence-corrected chi connectivity index (χ0v) is 17.8. The lowest BCUT2D eigenvalue weighted by Gasteiger charge is -2.17. The zero-order valence-electron chi connectivity index (χ0n) is 17.8. The summed E-state index contributed by atoms with van der Waals surface area (Å²) in [6.07, 6.45) is 0.214. The van der Waals surface area contributed by atoms with Gasteiger partial charge in [-0.3, -0.25) is 4.79 Å². The molecule has 0 aliphatic rings. The van der Waals surface area contributed by atoms with Crippen LogP contribution in [0.3, 0.4) is 0 Å². The van der Waals surface area contributed by atoms with Crippen LogP contribution in [0.15, 0.2) is 65.3 Å². The average Bonchev–Trinajstić information content (AvgIpc) is 3.36. The quantitative estimate of drug-likeness (QED) is 0.463. The molecule has 0 radical (unpaired) electrons. The number of hydrogen-bond donors (Lipinski definition) is 1. The number of aromatic nitrogens is 4. The van der Waals surface area contributed by atoms with Crippen LogP contribution in [0.4, 0.5) is 5.82 Å². The number of anilines is 1. The lowest BCUT2D eigenvalue weighted by Crippen LogP contribution is -2.26. The van der Waals surface area contributed by atoms with Crippen molar-refractivity contribution in [1.82, 2.24) is 19.9 Å². The smallest absolute Gasteiger partial charge is 0.340 e. The fourth-order valence-corrected chi connectivity index (χ4v) is 3.19. The number of carbonyl (C=O) groups is 2. The standard InChI is InChI=1S/C23H21N5O4/c1-14-11-15(2)28(26-14)20-10-9-18(13-24-20)23(30)31-21(17-7-5-4-6-8-17)22(29)25-19-12-16(3)32-27-19/h4-13,21H,1-3H3,(H,25,27,29). The van der Waals surface area contributed by atoms with Crippen molar-refractivity contribution in [3.63, 3.8) is 0 Å². The Bertz CT molecular complexity index is 1250. The highest BCUT2D eigenvalue weighted by molar-refractivity contribution is 5.97. The van der Waals surface area contributed by atoms with Gasteiger partial charge in [0.1, 0.15) is 5.76 Å². The van der Waals surface area contributed by atoms with Crippen LogP contribution in [0.2, 0.25) is 0 Å². The molecule has 4 rings (SSSR count). The molecule has 1 atom stereocenters. The number of esters is 1. The number of hydrogen-bond acceptors (Lipinski definition) is 7. The van der Waals surface area contributed by atoms with Gasteiger partial charge >= 0.3 is 5.97 Å². The Morgan fingerprint density at radius 2 is 1.84 bits per heavy atom. The summed E-state index contributed by atoms with van der Waals surface area (Å²) in [5.41, 5.74) is 2.52. The topological polar surface area (TPSA) is 112 Å². The van der Waals surface area contributed by atoms with Gasteiger partial charge in [0.15, 0.2) is 11.6 Å². The van der Waals surface area contributed by atoms with Crippen LogP contribution < -0.4 is 5.32 Å². The molecule has 1 aromatic carbocycles. The van der Waals surface area contributed by atoms with E-state index in [1.54, 1.807) is 54.1 Å². The largest absolute Gasteiger partial charge is 0.444 e. The lowest BCUT2D eigenvalue weighted by atomic mass is 10.1. The summed E-state index contributed by atoms with van der Waals surface area (Å²) < 4.78 is 12.2. The molecule has 1 unspecified atom stereocenters. The van der Waals surface area contributed by atoms with Crippen LogP contribution >= 0.6 is 0 Å². The van der Waals surface area contributed by atoms with E-state index in [0.29, 0.717) is 17.1 Å². The van der Waals surface area contributed by atoms with Crippen molar-refractivity contribution < 1.29 is 18.8 Å². The third-order valence-electron chi connectivity index (χ3n) is 4.65. The SMILES string of the molecule is Cc1cc(C)n(-c2ccc(C(=O)OC(C(=O)Nc3cc(C)on3)c3ccccc3)cn2)n1. The molecule has 0 fully saturated rings. The molecule has 3 heterocycles. The highest BCUT2D eigenvalue weighted by atomic mass is 16.5. The van der Waals surface area contributed by atoms with Crippen molar-refractivity contribution in [2.24, 2.45) is 0 Å². The molecule has 0 aliphatic heterocycles. The second-order valence-electron chi connectivity index (χ2n) is 7.25. The van der Waals surface area contributed by atoms with Gasteiger partial charge in [-0.05, 0) is 39.0 Å². The third-order valence-corrected chi connectivity index (χ3v) is 4.65. The number of carbonyl (C=O) groups excluding carboxylic acids is 2. The normalized spacial score (nSPS) is 11.7. The van der Waals surface area contributed by atoms with Gasteiger partial charge in [-0.15, -0.1) is 0 Å². The number of ether oxygens (including phenoxy) is 1. The molecule has 0 saturated carbocycles. The van der Waals surface area contributed by atoms with Crippen molar-refractivity contribution in [2.75, 3.05) is 5.32 Å². The minimum atomic E-state index is -1.18. The minimum Gasteiger partial charge on any atom is -0.444 e. The van der Waals surface area contributed by atoms with E-state index >= 15 is 0 Å². The molecule has 162 valence electrons. The van der Waals surface area contributed by atoms with Crippen LogP contribution in [0.1, 0.15) is 39.2 Å². The predicted molar refractivity (Wildman–Crippen MR) is 115 cm³/mol. The van der Waals surface area contributed by atoms with Crippen LogP contribution in [-0.4, -0.2) is 31.8 Å². The van der Waals surface area contributed by atoms with E-state index in [-0.39, 0.29) is 11.4 Å². The Balaban J connectivity index is 1.54. The number of pyridine rings is 1. The molecule has 0 saturated heterocycles. The fraction of sp³-hybridized carbons (Fsp3) is 0.174. The number of nitrogens with one attached hydrogen (secondary N) is 1. The first kappa shape index (κ1) is 21.0. The fourth-order valence-electron chi connectivity index (χ4n) is 3.19. The van der Waals surface area contributed by atoms with Crippen LogP contribution in [0.25, 0.3) is 5.82 Å². The predicted octanol–water partition coefficient (Wildman–Crippen LogP) is 3.72. The molecule has 1 N–H and O–H groups in total. The monoisotopic (exact) mass is 431 g/mol. The van der Waals surface area contributed by atoms with E-state index in [1.165, 1.54) is 6.20 Å². The van der Waals surface area contributed by atoms with E-state index < -0.39 is 18.0 Å². The number of nitrogens with zero attached hydrogens (tertiary/aromatic N) is 4. The van der Waals surface area contributed by atoms with Gasteiger partial charge in [0.2, 0.25) is 6.10 Å². The van der Waals surface area contributed by atoms with Gasteiger partial charge in [-0.2, -0.15) is 5.10 Å². The summed E-state index contributed by atoms with van der Waals surface area (Å²) in [6.45, 7) is 5.52. The maximum Gasteiger partial charge on any atom is 0.340 e. The van der Waals surface area contributed by atoms with Gasteiger partial charge in [0.25, 0.3) is 5.91 Å². The minimum absolute atomic E-state index is 0.210. The first-order valence-corrected chi connectivity index (χ1v) is 9.90. The summed E-state index contributed by atoms with van der Waals surface area (Å²) in [6, 6.07) is 15.5. The molecule has 0 spiro atoms. The number of aryl methyl sites for hydroxylation is 3. The number of amides is 1. The van der Waals surface area contributed by atoms with E-state index in [2.05, 4.69) is 20.6 Å². The Morgan fingerprint density at radius 1 is 1.06 bits per heavy atom. The Hall–Kier alpha value is -4.27. The van der Waals surface area contributed by atoms with Crippen molar-refractivity contribution in [3.05, 3.63) is 89.1 Å².